The lowest BCUT2D eigenvalue weighted by atomic mass is 10.2. The molecule has 0 N–H and O–H groups in total. The predicted octanol–water partition coefficient (Wildman–Crippen LogP) is 4.31. The number of ether oxygens (including phenoxy) is 1. The highest BCUT2D eigenvalue weighted by atomic mass is 35.5. The highest BCUT2D eigenvalue weighted by Crippen LogP contribution is 2.32. The molecule has 2 aromatic carbocycles. The molecule has 1 saturated heterocycles. The lowest BCUT2D eigenvalue weighted by Gasteiger charge is -2.26. The maximum atomic E-state index is 12.7. The zero-order valence-electron chi connectivity index (χ0n) is 13.3. The Morgan fingerprint density at radius 2 is 1.84 bits per heavy atom. The standard InChI is InChI=1S/C17H17Cl2NO3S2/c18-14-4-5-16(19)17(11-14)24-12-13-2-1-3-15(10-13)25(21,22)20-6-8-23-9-7-20/h1-5,10-11H,6-9,12H2. The minimum absolute atomic E-state index is 0.310. The van der Waals surface area contributed by atoms with Gasteiger partial charge in [-0.05, 0) is 35.9 Å². The number of thioether (sulfide) groups is 1. The molecule has 1 aliphatic heterocycles. The van der Waals surface area contributed by atoms with Gasteiger partial charge in [0.2, 0.25) is 10.0 Å². The van der Waals surface area contributed by atoms with E-state index in [1.807, 2.05) is 12.1 Å². The molecule has 25 heavy (non-hydrogen) atoms. The van der Waals surface area contributed by atoms with Crippen molar-refractivity contribution < 1.29 is 13.2 Å². The Morgan fingerprint density at radius 3 is 2.60 bits per heavy atom. The van der Waals surface area contributed by atoms with Gasteiger partial charge in [0, 0.05) is 28.8 Å². The molecule has 1 fully saturated rings. The van der Waals surface area contributed by atoms with E-state index in [2.05, 4.69) is 0 Å². The number of halogens is 2. The van der Waals surface area contributed by atoms with Crippen LogP contribution in [0.25, 0.3) is 0 Å². The van der Waals surface area contributed by atoms with E-state index in [9.17, 15) is 8.42 Å². The molecule has 0 aliphatic carbocycles. The van der Waals surface area contributed by atoms with E-state index in [4.69, 9.17) is 27.9 Å². The van der Waals surface area contributed by atoms with Gasteiger partial charge in [0.25, 0.3) is 0 Å². The Bertz CT molecular complexity index is 853. The average molecular weight is 418 g/mol. The van der Waals surface area contributed by atoms with Crippen molar-refractivity contribution in [1.29, 1.82) is 0 Å². The summed E-state index contributed by atoms with van der Waals surface area (Å²) in [6.45, 7) is 1.64. The van der Waals surface area contributed by atoms with Crippen molar-refractivity contribution in [3.63, 3.8) is 0 Å². The van der Waals surface area contributed by atoms with E-state index >= 15 is 0 Å². The van der Waals surface area contributed by atoms with Crippen LogP contribution >= 0.6 is 35.0 Å². The summed E-state index contributed by atoms with van der Waals surface area (Å²) < 4.78 is 32.2. The highest BCUT2D eigenvalue weighted by Gasteiger charge is 2.26. The van der Waals surface area contributed by atoms with Gasteiger partial charge >= 0.3 is 0 Å². The highest BCUT2D eigenvalue weighted by molar-refractivity contribution is 7.98. The molecule has 0 unspecified atom stereocenters. The largest absolute Gasteiger partial charge is 0.379 e. The van der Waals surface area contributed by atoms with Crippen LogP contribution in [0.1, 0.15) is 5.56 Å². The second-order valence-corrected chi connectivity index (χ2v) is 9.33. The first-order valence-electron chi connectivity index (χ1n) is 7.71. The van der Waals surface area contributed by atoms with Crippen LogP contribution in [0.3, 0.4) is 0 Å². The third kappa shape index (κ3) is 4.70. The van der Waals surface area contributed by atoms with Gasteiger partial charge in [0.1, 0.15) is 0 Å². The van der Waals surface area contributed by atoms with E-state index in [-0.39, 0.29) is 0 Å². The van der Waals surface area contributed by atoms with Crippen molar-refractivity contribution in [3.8, 4) is 0 Å². The average Bonchev–Trinajstić information content (AvgIpc) is 2.63. The van der Waals surface area contributed by atoms with E-state index < -0.39 is 10.0 Å². The first-order chi connectivity index (χ1) is 12.0. The molecule has 0 spiro atoms. The van der Waals surface area contributed by atoms with Gasteiger partial charge in [-0.3, -0.25) is 0 Å². The van der Waals surface area contributed by atoms with Gasteiger partial charge in [-0.1, -0.05) is 35.3 Å². The minimum Gasteiger partial charge on any atom is -0.379 e. The monoisotopic (exact) mass is 417 g/mol. The Hall–Kier alpha value is -0.760. The maximum Gasteiger partial charge on any atom is 0.243 e. The summed E-state index contributed by atoms with van der Waals surface area (Å²) in [7, 11) is -3.49. The summed E-state index contributed by atoms with van der Waals surface area (Å²) in [5, 5.41) is 1.25. The van der Waals surface area contributed by atoms with Crippen molar-refractivity contribution in [3.05, 3.63) is 58.1 Å². The molecule has 8 heteroatoms. The third-order valence-corrected chi connectivity index (χ3v) is 7.49. The van der Waals surface area contributed by atoms with E-state index in [0.29, 0.717) is 47.0 Å². The van der Waals surface area contributed by atoms with Crippen molar-refractivity contribution in [2.24, 2.45) is 0 Å². The summed E-state index contributed by atoms with van der Waals surface area (Å²) >= 11 is 13.7. The lowest BCUT2D eigenvalue weighted by molar-refractivity contribution is 0.0730. The van der Waals surface area contributed by atoms with Crippen molar-refractivity contribution in [2.75, 3.05) is 26.3 Å². The summed E-state index contributed by atoms with van der Waals surface area (Å²) in [5.74, 6) is 0.604. The molecule has 134 valence electrons. The van der Waals surface area contributed by atoms with Crippen LogP contribution in [0, 0.1) is 0 Å². The number of hydrogen-bond donors (Lipinski definition) is 0. The molecule has 0 saturated carbocycles. The molecule has 0 bridgehead atoms. The van der Waals surface area contributed by atoms with Crippen LogP contribution in [0.4, 0.5) is 0 Å². The lowest BCUT2D eigenvalue weighted by Crippen LogP contribution is -2.40. The molecule has 3 rings (SSSR count). The Labute approximate surface area is 162 Å². The quantitative estimate of drug-likeness (QED) is 0.679. The summed E-state index contributed by atoms with van der Waals surface area (Å²) in [6.07, 6.45) is 0. The van der Waals surface area contributed by atoms with Crippen LogP contribution in [0.15, 0.2) is 52.3 Å². The zero-order valence-corrected chi connectivity index (χ0v) is 16.5. The van der Waals surface area contributed by atoms with Crippen LogP contribution < -0.4 is 0 Å². The molecule has 2 aromatic rings. The van der Waals surface area contributed by atoms with Gasteiger partial charge in [-0.2, -0.15) is 4.31 Å². The number of nitrogens with zero attached hydrogens (tertiary/aromatic N) is 1. The minimum atomic E-state index is -3.49. The van der Waals surface area contributed by atoms with Crippen LogP contribution in [0.2, 0.25) is 10.0 Å². The van der Waals surface area contributed by atoms with Gasteiger partial charge in [0.15, 0.2) is 0 Å². The number of benzene rings is 2. The number of hydrogen-bond acceptors (Lipinski definition) is 4. The van der Waals surface area contributed by atoms with Crippen molar-refractivity contribution in [2.45, 2.75) is 15.5 Å². The molecular weight excluding hydrogens is 401 g/mol. The molecule has 1 heterocycles. The van der Waals surface area contributed by atoms with E-state index in [1.54, 1.807) is 30.3 Å². The first-order valence-corrected chi connectivity index (χ1v) is 10.9. The fraction of sp³-hybridized carbons (Fsp3) is 0.294. The predicted molar refractivity (Wildman–Crippen MR) is 102 cm³/mol. The van der Waals surface area contributed by atoms with E-state index in [0.717, 1.165) is 10.5 Å². The molecule has 0 aromatic heterocycles. The zero-order chi connectivity index (χ0) is 17.9. The van der Waals surface area contributed by atoms with E-state index in [1.165, 1.54) is 16.1 Å². The van der Waals surface area contributed by atoms with Crippen LogP contribution in [0.5, 0.6) is 0 Å². The molecule has 0 radical (unpaired) electrons. The SMILES string of the molecule is O=S(=O)(c1cccc(CSc2cc(Cl)ccc2Cl)c1)N1CCOCC1. The normalized spacial score (nSPS) is 16.1. The van der Waals surface area contributed by atoms with Gasteiger partial charge in [-0.25, -0.2) is 8.42 Å². The van der Waals surface area contributed by atoms with Gasteiger partial charge < -0.3 is 4.74 Å². The fourth-order valence-corrected chi connectivity index (χ4v) is 5.40. The molecular formula is C17H17Cl2NO3S2. The topological polar surface area (TPSA) is 46.6 Å². The molecule has 4 nitrogen and oxygen atoms in total. The summed E-state index contributed by atoms with van der Waals surface area (Å²) in [6, 6.07) is 12.3. The first kappa shape index (κ1) is 19.0. The molecule has 1 aliphatic rings. The second kappa shape index (κ2) is 8.29. The second-order valence-electron chi connectivity index (χ2n) is 5.53. The smallest absolute Gasteiger partial charge is 0.243 e. The fourth-order valence-electron chi connectivity index (χ4n) is 2.48. The Morgan fingerprint density at radius 1 is 1.08 bits per heavy atom. The molecule has 0 atom stereocenters. The van der Waals surface area contributed by atoms with Crippen molar-refractivity contribution in [1.82, 2.24) is 4.31 Å². The van der Waals surface area contributed by atoms with Gasteiger partial charge in [0.05, 0.1) is 23.1 Å². The number of rotatable bonds is 5. The molecule has 0 amide bonds. The third-order valence-electron chi connectivity index (χ3n) is 3.79. The van der Waals surface area contributed by atoms with Crippen LogP contribution in [-0.4, -0.2) is 39.0 Å². The Balaban J connectivity index is 1.76. The summed E-state index contributed by atoms with van der Waals surface area (Å²) in [5.41, 5.74) is 0.912. The maximum absolute atomic E-state index is 12.7. The summed E-state index contributed by atoms with van der Waals surface area (Å²) in [4.78, 5) is 1.18. The number of morpholine rings is 1. The van der Waals surface area contributed by atoms with Crippen molar-refractivity contribution >= 4 is 45.0 Å². The van der Waals surface area contributed by atoms with Crippen LogP contribution in [-0.2, 0) is 20.5 Å². The van der Waals surface area contributed by atoms with Gasteiger partial charge in [-0.15, -0.1) is 11.8 Å². The Kier molecular flexibility index (Phi) is 6.30. The number of sulfonamides is 1.